The number of benzene rings is 1. The van der Waals surface area contributed by atoms with Crippen LogP contribution >= 0.6 is 11.3 Å². The molecule has 2 N–H and O–H groups in total. The number of methoxy groups -OCH3 is 1. The zero-order chi connectivity index (χ0) is 17.6. The first-order chi connectivity index (χ1) is 12.2. The summed E-state index contributed by atoms with van der Waals surface area (Å²) < 4.78 is 4.76. The molecule has 1 aliphatic carbocycles. The van der Waals surface area contributed by atoms with Gasteiger partial charge in [-0.3, -0.25) is 9.59 Å². The van der Waals surface area contributed by atoms with Crippen LogP contribution in [-0.2, 0) is 20.7 Å². The van der Waals surface area contributed by atoms with Crippen molar-refractivity contribution in [1.82, 2.24) is 10.3 Å². The van der Waals surface area contributed by atoms with Crippen molar-refractivity contribution in [2.24, 2.45) is 5.92 Å². The third-order valence-corrected chi connectivity index (χ3v) is 4.91. The van der Waals surface area contributed by atoms with Crippen LogP contribution in [0.1, 0.15) is 17.7 Å². The van der Waals surface area contributed by atoms with Crippen LogP contribution in [0.15, 0.2) is 30.3 Å². The fourth-order valence-corrected chi connectivity index (χ4v) is 3.41. The first-order valence-corrected chi connectivity index (χ1v) is 9.10. The molecule has 0 spiro atoms. The van der Waals surface area contributed by atoms with E-state index in [9.17, 15) is 9.59 Å². The maximum Gasteiger partial charge on any atom is 0.310 e. The first kappa shape index (κ1) is 17.6. The number of hydrogen-bond donors (Lipinski definition) is 2. The second-order valence-electron chi connectivity index (χ2n) is 6.03. The summed E-state index contributed by atoms with van der Waals surface area (Å²) in [6, 6.07) is 9.61. The molecule has 0 unspecified atom stereocenters. The number of nitrogens with zero attached hydrogens (tertiary/aromatic N) is 1. The van der Waals surface area contributed by atoms with E-state index in [1.54, 1.807) is 0 Å². The molecule has 1 fully saturated rings. The topological polar surface area (TPSA) is 80.3 Å². The molecular weight excluding hydrogens is 338 g/mol. The van der Waals surface area contributed by atoms with Crippen molar-refractivity contribution < 1.29 is 14.3 Å². The SMILES string of the molecule is COC(=O)Cc1sc(NC(=O)CNCC2CC2)nc1-c1ccccc1. The lowest BCUT2D eigenvalue weighted by Crippen LogP contribution is -2.29. The number of aromatic nitrogens is 1. The van der Waals surface area contributed by atoms with Crippen LogP contribution in [0, 0.1) is 5.92 Å². The van der Waals surface area contributed by atoms with E-state index in [0.29, 0.717) is 10.8 Å². The van der Waals surface area contributed by atoms with Crippen LogP contribution in [0.25, 0.3) is 11.3 Å². The highest BCUT2D eigenvalue weighted by molar-refractivity contribution is 7.16. The minimum Gasteiger partial charge on any atom is -0.469 e. The Balaban J connectivity index is 1.70. The van der Waals surface area contributed by atoms with Crippen molar-refractivity contribution in [2.45, 2.75) is 19.3 Å². The Morgan fingerprint density at radius 2 is 2.04 bits per heavy atom. The second kappa shape index (κ2) is 8.22. The number of rotatable bonds is 8. The highest BCUT2D eigenvalue weighted by atomic mass is 32.1. The van der Waals surface area contributed by atoms with Crippen molar-refractivity contribution >= 4 is 28.3 Å². The van der Waals surface area contributed by atoms with Crippen LogP contribution in [0.2, 0.25) is 0 Å². The Kier molecular flexibility index (Phi) is 5.78. The molecule has 2 aromatic rings. The first-order valence-electron chi connectivity index (χ1n) is 8.28. The van der Waals surface area contributed by atoms with Crippen molar-refractivity contribution in [2.75, 3.05) is 25.5 Å². The predicted molar refractivity (Wildman–Crippen MR) is 97.5 cm³/mol. The smallest absolute Gasteiger partial charge is 0.310 e. The van der Waals surface area contributed by atoms with Gasteiger partial charge >= 0.3 is 5.97 Å². The quantitative estimate of drug-likeness (QED) is 0.708. The summed E-state index contributed by atoms with van der Waals surface area (Å²) in [6.07, 6.45) is 2.63. The third-order valence-electron chi connectivity index (χ3n) is 3.94. The minimum absolute atomic E-state index is 0.126. The zero-order valence-corrected chi connectivity index (χ0v) is 14.9. The van der Waals surface area contributed by atoms with E-state index in [4.69, 9.17) is 4.74 Å². The van der Waals surface area contributed by atoms with Gasteiger partial charge in [0.05, 0.1) is 25.8 Å². The minimum atomic E-state index is -0.329. The van der Waals surface area contributed by atoms with E-state index in [-0.39, 0.29) is 24.8 Å². The second-order valence-corrected chi connectivity index (χ2v) is 7.12. The number of thiazole rings is 1. The van der Waals surface area contributed by atoms with E-state index in [1.807, 2.05) is 30.3 Å². The third kappa shape index (κ3) is 5.11. The molecule has 1 aromatic carbocycles. The maximum absolute atomic E-state index is 12.1. The van der Waals surface area contributed by atoms with Gasteiger partial charge in [0.1, 0.15) is 0 Å². The highest BCUT2D eigenvalue weighted by Gasteiger charge is 2.21. The number of carbonyl (C=O) groups is 2. The van der Waals surface area contributed by atoms with Gasteiger partial charge in [0.25, 0.3) is 0 Å². The molecule has 0 saturated heterocycles. The van der Waals surface area contributed by atoms with Crippen LogP contribution in [0.4, 0.5) is 5.13 Å². The predicted octanol–water partition coefficient (Wildman–Crippen LogP) is 2.46. The summed E-state index contributed by atoms with van der Waals surface area (Å²) in [5.41, 5.74) is 1.61. The molecule has 3 rings (SSSR count). The Morgan fingerprint density at radius 3 is 2.72 bits per heavy atom. The number of esters is 1. The molecule has 0 atom stereocenters. The molecule has 6 nitrogen and oxygen atoms in total. The summed E-state index contributed by atoms with van der Waals surface area (Å²) >= 11 is 1.31. The van der Waals surface area contributed by atoms with Gasteiger partial charge in [-0.15, -0.1) is 11.3 Å². The molecule has 25 heavy (non-hydrogen) atoms. The van der Waals surface area contributed by atoms with E-state index < -0.39 is 0 Å². The molecule has 1 amide bonds. The average molecular weight is 359 g/mol. The molecule has 1 aromatic heterocycles. The van der Waals surface area contributed by atoms with Gasteiger partial charge in [0, 0.05) is 10.4 Å². The summed E-state index contributed by atoms with van der Waals surface area (Å²) in [6.45, 7) is 1.15. The number of amides is 1. The summed E-state index contributed by atoms with van der Waals surface area (Å²) in [5, 5.41) is 6.46. The van der Waals surface area contributed by atoms with E-state index >= 15 is 0 Å². The molecule has 0 bridgehead atoms. The van der Waals surface area contributed by atoms with Crippen molar-refractivity contribution in [1.29, 1.82) is 0 Å². The fourth-order valence-electron chi connectivity index (χ4n) is 2.43. The van der Waals surface area contributed by atoms with Gasteiger partial charge in [-0.25, -0.2) is 4.98 Å². The lowest BCUT2D eigenvalue weighted by Gasteiger charge is -2.03. The van der Waals surface area contributed by atoms with Gasteiger partial charge < -0.3 is 15.4 Å². The number of anilines is 1. The highest BCUT2D eigenvalue weighted by Crippen LogP contribution is 2.31. The molecule has 0 radical (unpaired) electrons. The van der Waals surface area contributed by atoms with E-state index in [1.165, 1.54) is 31.3 Å². The van der Waals surface area contributed by atoms with Crippen molar-refractivity contribution in [3.05, 3.63) is 35.2 Å². The molecule has 1 aliphatic rings. The van der Waals surface area contributed by atoms with Crippen molar-refractivity contribution in [3.8, 4) is 11.3 Å². The van der Waals surface area contributed by atoms with Gasteiger partial charge in [-0.2, -0.15) is 0 Å². The summed E-state index contributed by atoms with van der Waals surface area (Å²) in [5.74, 6) is 0.271. The summed E-state index contributed by atoms with van der Waals surface area (Å²) in [7, 11) is 1.36. The van der Waals surface area contributed by atoms with Crippen LogP contribution < -0.4 is 10.6 Å². The standard InChI is InChI=1S/C18H21N3O3S/c1-24-16(23)9-14-17(13-5-3-2-4-6-13)21-18(25-14)20-15(22)11-19-10-12-7-8-12/h2-6,12,19H,7-11H2,1H3,(H,20,21,22). The summed E-state index contributed by atoms with van der Waals surface area (Å²) in [4.78, 5) is 29.0. The number of carbonyl (C=O) groups excluding carboxylic acids is 2. The van der Waals surface area contributed by atoms with Gasteiger partial charge in [-0.05, 0) is 25.3 Å². The number of nitrogens with one attached hydrogen (secondary N) is 2. The number of ether oxygens (including phenoxy) is 1. The van der Waals surface area contributed by atoms with Gasteiger partial charge in [-0.1, -0.05) is 30.3 Å². The van der Waals surface area contributed by atoms with Crippen molar-refractivity contribution in [3.63, 3.8) is 0 Å². The zero-order valence-electron chi connectivity index (χ0n) is 14.1. The Hall–Kier alpha value is -2.25. The lowest BCUT2D eigenvalue weighted by molar-refractivity contribution is -0.139. The van der Waals surface area contributed by atoms with Gasteiger partial charge in [0.2, 0.25) is 5.91 Å². The Labute approximate surface area is 150 Å². The van der Waals surface area contributed by atoms with Crippen LogP contribution in [0.5, 0.6) is 0 Å². The lowest BCUT2D eigenvalue weighted by atomic mass is 10.1. The van der Waals surface area contributed by atoms with Crippen LogP contribution in [0.3, 0.4) is 0 Å². The molecule has 1 heterocycles. The Morgan fingerprint density at radius 1 is 1.28 bits per heavy atom. The Bertz CT molecular complexity index is 741. The molecule has 7 heteroatoms. The average Bonchev–Trinajstić information content (AvgIpc) is 3.36. The molecular formula is C18H21N3O3S. The normalized spacial score (nSPS) is 13.5. The van der Waals surface area contributed by atoms with E-state index in [0.717, 1.165) is 22.9 Å². The largest absolute Gasteiger partial charge is 0.469 e. The molecule has 132 valence electrons. The van der Waals surface area contributed by atoms with Gasteiger partial charge in [0.15, 0.2) is 5.13 Å². The monoisotopic (exact) mass is 359 g/mol. The van der Waals surface area contributed by atoms with E-state index in [2.05, 4.69) is 15.6 Å². The maximum atomic E-state index is 12.1. The fraction of sp³-hybridized carbons (Fsp3) is 0.389. The molecule has 1 saturated carbocycles. The van der Waals surface area contributed by atoms with Crippen LogP contribution in [-0.4, -0.2) is 37.1 Å². The molecule has 0 aliphatic heterocycles. The number of hydrogen-bond acceptors (Lipinski definition) is 6.